The van der Waals surface area contributed by atoms with Gasteiger partial charge in [0.2, 0.25) is 0 Å². The number of benzene rings is 1. The zero-order valence-electron chi connectivity index (χ0n) is 11.9. The summed E-state index contributed by atoms with van der Waals surface area (Å²) in [6.45, 7) is 9.80. The summed E-state index contributed by atoms with van der Waals surface area (Å²) >= 11 is 3.48. The van der Waals surface area contributed by atoms with Crippen molar-refractivity contribution in [1.29, 1.82) is 0 Å². The van der Waals surface area contributed by atoms with E-state index in [0.29, 0.717) is 0 Å². The molecule has 0 amide bonds. The van der Waals surface area contributed by atoms with Crippen molar-refractivity contribution in [2.75, 3.05) is 39.3 Å². The summed E-state index contributed by atoms with van der Waals surface area (Å²) in [7, 11) is 0. The largest absolute Gasteiger partial charge is 0.301 e. The van der Waals surface area contributed by atoms with Crippen LogP contribution in [0.3, 0.4) is 0 Å². The molecule has 2 rings (SSSR count). The zero-order valence-corrected chi connectivity index (χ0v) is 13.5. The maximum Gasteiger partial charge on any atom is 0.0175 e. The first-order chi connectivity index (χ1) is 9.28. The van der Waals surface area contributed by atoms with E-state index in [-0.39, 0.29) is 0 Å². The number of nitrogens with zero attached hydrogens (tertiary/aromatic N) is 2. The van der Waals surface area contributed by atoms with Crippen LogP contribution in [0.25, 0.3) is 0 Å². The molecule has 3 heteroatoms. The molecule has 19 heavy (non-hydrogen) atoms. The maximum atomic E-state index is 3.48. The van der Waals surface area contributed by atoms with Crippen molar-refractivity contribution >= 4 is 15.9 Å². The molecule has 0 bridgehead atoms. The Labute approximate surface area is 125 Å². The van der Waals surface area contributed by atoms with Crippen molar-refractivity contribution in [3.8, 4) is 0 Å². The molecule has 0 saturated carbocycles. The van der Waals surface area contributed by atoms with E-state index in [1.807, 2.05) is 0 Å². The minimum atomic E-state index is 1.17. The smallest absolute Gasteiger partial charge is 0.0175 e. The molecule has 106 valence electrons. The zero-order chi connectivity index (χ0) is 13.5. The number of aryl methyl sites for hydroxylation is 1. The minimum Gasteiger partial charge on any atom is -0.301 e. The standard InChI is InChI=1S/C16H25BrN2/c1-2-9-18-11-13-19(14-12-18)10-3-4-15-5-7-16(17)8-6-15/h5-8H,2-4,9-14H2,1H3. The van der Waals surface area contributed by atoms with Crippen molar-refractivity contribution in [2.24, 2.45) is 0 Å². The molecule has 1 aliphatic rings. The molecule has 1 aromatic carbocycles. The summed E-state index contributed by atoms with van der Waals surface area (Å²) in [4.78, 5) is 5.20. The summed E-state index contributed by atoms with van der Waals surface area (Å²) in [5, 5.41) is 0. The Morgan fingerprint density at radius 2 is 1.53 bits per heavy atom. The van der Waals surface area contributed by atoms with E-state index in [1.54, 1.807) is 0 Å². The number of rotatable bonds is 6. The Hall–Kier alpha value is -0.380. The van der Waals surface area contributed by atoms with Crippen molar-refractivity contribution in [3.63, 3.8) is 0 Å². The Balaban J connectivity index is 1.63. The molecule has 1 fully saturated rings. The Morgan fingerprint density at radius 3 is 2.11 bits per heavy atom. The minimum absolute atomic E-state index is 1.17. The van der Waals surface area contributed by atoms with E-state index < -0.39 is 0 Å². The van der Waals surface area contributed by atoms with Gasteiger partial charge >= 0.3 is 0 Å². The summed E-state index contributed by atoms with van der Waals surface area (Å²) in [5.74, 6) is 0. The molecule has 0 aliphatic carbocycles. The highest BCUT2D eigenvalue weighted by Crippen LogP contribution is 2.12. The van der Waals surface area contributed by atoms with Gasteiger partial charge in [0, 0.05) is 30.7 Å². The SMILES string of the molecule is CCCN1CCN(CCCc2ccc(Br)cc2)CC1. The van der Waals surface area contributed by atoms with Gasteiger partial charge in [0.05, 0.1) is 0 Å². The van der Waals surface area contributed by atoms with Gasteiger partial charge in [-0.25, -0.2) is 0 Å². The van der Waals surface area contributed by atoms with Crippen LogP contribution in [0, 0.1) is 0 Å². The third kappa shape index (κ3) is 5.25. The topological polar surface area (TPSA) is 6.48 Å². The lowest BCUT2D eigenvalue weighted by molar-refractivity contribution is 0.131. The van der Waals surface area contributed by atoms with Gasteiger partial charge in [0.15, 0.2) is 0 Å². The normalized spacial score (nSPS) is 17.8. The summed E-state index contributed by atoms with van der Waals surface area (Å²) in [6.07, 6.45) is 3.75. The van der Waals surface area contributed by atoms with Gasteiger partial charge in [-0.05, 0) is 50.0 Å². The highest BCUT2D eigenvalue weighted by Gasteiger charge is 2.15. The number of halogens is 1. The lowest BCUT2D eigenvalue weighted by atomic mass is 10.1. The molecular formula is C16H25BrN2. The van der Waals surface area contributed by atoms with Gasteiger partial charge in [-0.15, -0.1) is 0 Å². The van der Waals surface area contributed by atoms with Gasteiger partial charge in [-0.1, -0.05) is 35.0 Å². The van der Waals surface area contributed by atoms with Crippen molar-refractivity contribution < 1.29 is 0 Å². The van der Waals surface area contributed by atoms with Crippen LogP contribution in [0.4, 0.5) is 0 Å². The van der Waals surface area contributed by atoms with Crippen LogP contribution in [0.5, 0.6) is 0 Å². The number of hydrogen-bond acceptors (Lipinski definition) is 2. The van der Waals surface area contributed by atoms with Crippen LogP contribution in [-0.2, 0) is 6.42 Å². The molecule has 2 nitrogen and oxygen atoms in total. The highest BCUT2D eigenvalue weighted by molar-refractivity contribution is 9.10. The summed E-state index contributed by atoms with van der Waals surface area (Å²) in [6, 6.07) is 8.73. The fourth-order valence-corrected chi connectivity index (χ4v) is 2.97. The second kappa shape index (κ2) is 8.03. The summed E-state index contributed by atoms with van der Waals surface area (Å²) < 4.78 is 1.17. The molecule has 1 heterocycles. The Kier molecular flexibility index (Phi) is 6.35. The van der Waals surface area contributed by atoms with Crippen LogP contribution in [0.1, 0.15) is 25.3 Å². The lowest BCUT2D eigenvalue weighted by Gasteiger charge is -2.34. The molecule has 0 atom stereocenters. The van der Waals surface area contributed by atoms with Crippen molar-refractivity contribution in [3.05, 3.63) is 34.3 Å². The fourth-order valence-electron chi connectivity index (χ4n) is 2.71. The summed E-state index contributed by atoms with van der Waals surface area (Å²) in [5.41, 5.74) is 1.45. The van der Waals surface area contributed by atoms with E-state index in [2.05, 4.69) is 56.9 Å². The van der Waals surface area contributed by atoms with E-state index in [4.69, 9.17) is 0 Å². The number of piperazine rings is 1. The van der Waals surface area contributed by atoms with Crippen LogP contribution in [-0.4, -0.2) is 49.1 Å². The first kappa shape index (κ1) is 15.0. The third-order valence-electron chi connectivity index (χ3n) is 3.86. The van der Waals surface area contributed by atoms with Crippen LogP contribution >= 0.6 is 15.9 Å². The maximum absolute atomic E-state index is 3.48. The fraction of sp³-hybridized carbons (Fsp3) is 0.625. The molecule has 0 spiro atoms. The third-order valence-corrected chi connectivity index (χ3v) is 4.39. The van der Waals surface area contributed by atoms with Gasteiger partial charge in [-0.2, -0.15) is 0 Å². The predicted molar refractivity (Wildman–Crippen MR) is 85.6 cm³/mol. The molecule has 1 aromatic rings. The van der Waals surface area contributed by atoms with E-state index >= 15 is 0 Å². The Morgan fingerprint density at radius 1 is 0.947 bits per heavy atom. The lowest BCUT2D eigenvalue weighted by Crippen LogP contribution is -2.46. The average molecular weight is 325 g/mol. The molecule has 0 aromatic heterocycles. The average Bonchev–Trinajstić information content (AvgIpc) is 2.43. The second-order valence-electron chi connectivity index (χ2n) is 5.41. The first-order valence-electron chi connectivity index (χ1n) is 7.47. The van der Waals surface area contributed by atoms with Crippen molar-refractivity contribution in [1.82, 2.24) is 9.80 Å². The highest BCUT2D eigenvalue weighted by atomic mass is 79.9. The van der Waals surface area contributed by atoms with Crippen LogP contribution in [0.15, 0.2) is 28.7 Å². The predicted octanol–water partition coefficient (Wildman–Crippen LogP) is 3.41. The molecule has 0 unspecified atom stereocenters. The second-order valence-corrected chi connectivity index (χ2v) is 6.33. The number of hydrogen-bond donors (Lipinski definition) is 0. The van der Waals surface area contributed by atoms with Crippen LogP contribution in [0.2, 0.25) is 0 Å². The van der Waals surface area contributed by atoms with Gasteiger partial charge < -0.3 is 9.80 Å². The molecule has 1 saturated heterocycles. The molecular weight excluding hydrogens is 300 g/mol. The van der Waals surface area contributed by atoms with Gasteiger partial charge in [-0.3, -0.25) is 0 Å². The molecule has 0 N–H and O–H groups in total. The van der Waals surface area contributed by atoms with E-state index in [0.717, 1.165) is 0 Å². The van der Waals surface area contributed by atoms with Gasteiger partial charge in [0.1, 0.15) is 0 Å². The monoisotopic (exact) mass is 324 g/mol. The van der Waals surface area contributed by atoms with Crippen molar-refractivity contribution in [2.45, 2.75) is 26.2 Å². The Bertz CT molecular complexity index is 356. The van der Waals surface area contributed by atoms with E-state index in [9.17, 15) is 0 Å². The van der Waals surface area contributed by atoms with Crippen LogP contribution < -0.4 is 0 Å². The first-order valence-corrected chi connectivity index (χ1v) is 8.26. The molecule has 0 radical (unpaired) electrons. The van der Waals surface area contributed by atoms with E-state index in [1.165, 1.54) is 68.6 Å². The quantitative estimate of drug-likeness (QED) is 0.791. The van der Waals surface area contributed by atoms with Gasteiger partial charge in [0.25, 0.3) is 0 Å². The molecule has 1 aliphatic heterocycles.